The van der Waals surface area contributed by atoms with Crippen molar-refractivity contribution in [3.05, 3.63) is 28.2 Å². The van der Waals surface area contributed by atoms with E-state index in [0.717, 1.165) is 36.3 Å². The highest BCUT2D eigenvalue weighted by Crippen LogP contribution is 2.24. The van der Waals surface area contributed by atoms with Gasteiger partial charge in [-0.2, -0.15) is 0 Å². The Bertz CT molecular complexity index is 345. The van der Waals surface area contributed by atoms with E-state index in [9.17, 15) is 0 Å². The molecule has 1 N–H and O–H groups in total. The highest BCUT2D eigenvalue weighted by molar-refractivity contribution is 9.10. The Labute approximate surface area is 118 Å². The maximum absolute atomic E-state index is 5.18. The van der Waals surface area contributed by atoms with Gasteiger partial charge in [-0.1, -0.05) is 22.0 Å². The van der Waals surface area contributed by atoms with Crippen LogP contribution in [-0.4, -0.2) is 33.9 Å². The number of rotatable bonds is 9. The smallest absolute Gasteiger partial charge is 0.120 e. The summed E-state index contributed by atoms with van der Waals surface area (Å²) in [6.07, 6.45) is 3.46. The largest absolute Gasteiger partial charge is 0.497 e. The number of hydrogen-bond donors (Lipinski definition) is 1. The van der Waals surface area contributed by atoms with Crippen molar-refractivity contribution in [1.29, 1.82) is 0 Å². The summed E-state index contributed by atoms with van der Waals surface area (Å²) in [6, 6.07) is 6.16. The second kappa shape index (κ2) is 9.36. The molecular weight excluding hydrogens is 294 g/mol. The summed E-state index contributed by atoms with van der Waals surface area (Å²) in [7, 11) is 3.41. The van der Waals surface area contributed by atoms with Gasteiger partial charge < -0.3 is 14.8 Å². The Kier molecular flexibility index (Phi) is 8.05. The molecule has 0 saturated carbocycles. The van der Waals surface area contributed by atoms with Crippen molar-refractivity contribution < 1.29 is 9.47 Å². The number of hydrogen-bond acceptors (Lipinski definition) is 3. The average molecular weight is 316 g/mol. The first-order valence-corrected chi connectivity index (χ1v) is 7.09. The van der Waals surface area contributed by atoms with Crippen LogP contribution >= 0.6 is 15.9 Å². The predicted molar refractivity (Wildman–Crippen MR) is 78.4 cm³/mol. The zero-order valence-electron chi connectivity index (χ0n) is 11.2. The molecule has 0 fully saturated rings. The Balaban J connectivity index is 2.19. The summed E-state index contributed by atoms with van der Waals surface area (Å²) >= 11 is 3.58. The van der Waals surface area contributed by atoms with E-state index in [-0.39, 0.29) is 0 Å². The van der Waals surface area contributed by atoms with Crippen molar-refractivity contribution in [1.82, 2.24) is 5.32 Å². The van der Waals surface area contributed by atoms with Gasteiger partial charge in [0.05, 0.1) is 13.7 Å². The van der Waals surface area contributed by atoms with Crippen LogP contribution in [-0.2, 0) is 11.2 Å². The fourth-order valence-electron chi connectivity index (χ4n) is 1.72. The Morgan fingerprint density at radius 2 is 2.00 bits per heavy atom. The van der Waals surface area contributed by atoms with Gasteiger partial charge in [0.1, 0.15) is 5.75 Å². The van der Waals surface area contributed by atoms with E-state index in [1.807, 2.05) is 12.1 Å². The molecular formula is C14H22BrNO2. The molecule has 4 heteroatoms. The molecule has 3 nitrogen and oxygen atoms in total. The van der Waals surface area contributed by atoms with E-state index in [4.69, 9.17) is 9.47 Å². The van der Waals surface area contributed by atoms with Gasteiger partial charge in [-0.05, 0) is 43.5 Å². The summed E-state index contributed by atoms with van der Waals surface area (Å²) in [5.74, 6) is 0.895. The van der Waals surface area contributed by atoms with Gasteiger partial charge in [0, 0.05) is 18.1 Å². The fraction of sp³-hybridized carbons (Fsp3) is 0.571. The van der Waals surface area contributed by atoms with Crippen LogP contribution in [0.15, 0.2) is 22.7 Å². The predicted octanol–water partition coefficient (Wildman–Crippen LogP) is 3.02. The van der Waals surface area contributed by atoms with Crippen molar-refractivity contribution in [2.24, 2.45) is 0 Å². The maximum atomic E-state index is 5.18. The Hall–Kier alpha value is -0.580. The summed E-state index contributed by atoms with van der Waals surface area (Å²) in [5, 5.41) is 3.35. The van der Waals surface area contributed by atoms with Gasteiger partial charge in [0.15, 0.2) is 0 Å². The number of unbranched alkanes of at least 4 members (excludes halogenated alkanes) is 1. The molecule has 0 aliphatic heterocycles. The molecule has 0 heterocycles. The van der Waals surface area contributed by atoms with Crippen LogP contribution in [0.1, 0.15) is 18.4 Å². The summed E-state index contributed by atoms with van der Waals surface area (Å²) in [4.78, 5) is 0. The summed E-state index contributed by atoms with van der Waals surface area (Å²) in [6.45, 7) is 2.77. The molecule has 1 aromatic rings. The molecule has 18 heavy (non-hydrogen) atoms. The number of aryl methyl sites for hydroxylation is 1. The maximum Gasteiger partial charge on any atom is 0.120 e. The van der Waals surface area contributed by atoms with Crippen molar-refractivity contribution >= 4 is 15.9 Å². The zero-order valence-corrected chi connectivity index (χ0v) is 12.8. The monoisotopic (exact) mass is 315 g/mol. The Morgan fingerprint density at radius 1 is 1.17 bits per heavy atom. The molecule has 0 radical (unpaired) electrons. The SMILES string of the molecule is COCCNCCCCc1ccc(OC)cc1Br. The highest BCUT2D eigenvalue weighted by Gasteiger charge is 2.01. The van der Waals surface area contributed by atoms with Gasteiger partial charge in [-0.3, -0.25) is 0 Å². The number of ether oxygens (including phenoxy) is 2. The lowest BCUT2D eigenvalue weighted by molar-refractivity contribution is 0.199. The number of nitrogens with one attached hydrogen (secondary N) is 1. The molecule has 0 aliphatic carbocycles. The minimum atomic E-state index is 0.782. The van der Waals surface area contributed by atoms with Crippen LogP contribution in [0.2, 0.25) is 0 Å². The standard InChI is InChI=1S/C14H22BrNO2/c1-17-10-9-16-8-4-3-5-12-6-7-13(18-2)11-14(12)15/h6-7,11,16H,3-5,8-10H2,1-2H3. The van der Waals surface area contributed by atoms with Crippen LogP contribution in [0, 0.1) is 0 Å². The molecule has 1 rings (SSSR count). The lowest BCUT2D eigenvalue weighted by atomic mass is 10.1. The normalized spacial score (nSPS) is 10.6. The van der Waals surface area contributed by atoms with Crippen molar-refractivity contribution in [3.8, 4) is 5.75 Å². The quantitative estimate of drug-likeness (QED) is 0.711. The van der Waals surface area contributed by atoms with Gasteiger partial charge in [0.2, 0.25) is 0 Å². The van der Waals surface area contributed by atoms with Gasteiger partial charge in [-0.15, -0.1) is 0 Å². The van der Waals surface area contributed by atoms with Gasteiger partial charge >= 0.3 is 0 Å². The molecule has 0 saturated heterocycles. The molecule has 0 unspecified atom stereocenters. The third kappa shape index (κ3) is 5.85. The first-order chi connectivity index (χ1) is 8.77. The van der Waals surface area contributed by atoms with Crippen LogP contribution in [0.4, 0.5) is 0 Å². The first-order valence-electron chi connectivity index (χ1n) is 6.30. The topological polar surface area (TPSA) is 30.5 Å². The summed E-state index contributed by atoms with van der Waals surface area (Å²) < 4.78 is 11.3. The molecule has 0 aliphatic rings. The summed E-state index contributed by atoms with van der Waals surface area (Å²) in [5.41, 5.74) is 1.34. The van der Waals surface area contributed by atoms with Crippen molar-refractivity contribution in [2.45, 2.75) is 19.3 Å². The minimum absolute atomic E-state index is 0.782. The molecule has 0 aromatic heterocycles. The molecule has 0 bridgehead atoms. The second-order valence-corrected chi connectivity index (χ2v) is 5.01. The van der Waals surface area contributed by atoms with E-state index in [2.05, 4.69) is 27.3 Å². The Morgan fingerprint density at radius 3 is 2.67 bits per heavy atom. The first kappa shape index (κ1) is 15.5. The van der Waals surface area contributed by atoms with Gasteiger partial charge in [-0.25, -0.2) is 0 Å². The second-order valence-electron chi connectivity index (χ2n) is 4.16. The lowest BCUT2D eigenvalue weighted by Gasteiger charge is -2.07. The third-order valence-corrected chi connectivity index (χ3v) is 3.53. The van der Waals surface area contributed by atoms with E-state index in [0.29, 0.717) is 0 Å². The van der Waals surface area contributed by atoms with Crippen LogP contribution in [0.25, 0.3) is 0 Å². The van der Waals surface area contributed by atoms with Crippen LogP contribution in [0.5, 0.6) is 5.75 Å². The van der Waals surface area contributed by atoms with Crippen LogP contribution in [0.3, 0.4) is 0 Å². The van der Waals surface area contributed by atoms with E-state index in [1.165, 1.54) is 18.4 Å². The van der Waals surface area contributed by atoms with E-state index < -0.39 is 0 Å². The number of halogens is 1. The number of benzene rings is 1. The van der Waals surface area contributed by atoms with E-state index in [1.54, 1.807) is 14.2 Å². The lowest BCUT2D eigenvalue weighted by Crippen LogP contribution is -2.20. The van der Waals surface area contributed by atoms with Crippen LogP contribution < -0.4 is 10.1 Å². The zero-order chi connectivity index (χ0) is 13.2. The van der Waals surface area contributed by atoms with Crippen molar-refractivity contribution in [3.63, 3.8) is 0 Å². The number of methoxy groups -OCH3 is 2. The molecule has 102 valence electrons. The molecule has 0 spiro atoms. The minimum Gasteiger partial charge on any atom is -0.497 e. The van der Waals surface area contributed by atoms with Gasteiger partial charge in [0.25, 0.3) is 0 Å². The molecule has 0 atom stereocenters. The average Bonchev–Trinajstić information content (AvgIpc) is 2.39. The third-order valence-electron chi connectivity index (χ3n) is 2.79. The van der Waals surface area contributed by atoms with Crippen molar-refractivity contribution in [2.75, 3.05) is 33.9 Å². The highest BCUT2D eigenvalue weighted by atomic mass is 79.9. The van der Waals surface area contributed by atoms with E-state index >= 15 is 0 Å². The molecule has 0 amide bonds. The molecule has 1 aromatic carbocycles. The fourth-order valence-corrected chi connectivity index (χ4v) is 2.28.